The molecule has 1 N–H and O–H groups in total. The Labute approximate surface area is 125 Å². The van der Waals surface area contributed by atoms with Crippen molar-refractivity contribution < 1.29 is 9.15 Å². The lowest BCUT2D eigenvalue weighted by Crippen LogP contribution is -2.16. The van der Waals surface area contributed by atoms with Gasteiger partial charge < -0.3 is 14.5 Å². The van der Waals surface area contributed by atoms with E-state index >= 15 is 0 Å². The monoisotopic (exact) mass is 285 g/mol. The summed E-state index contributed by atoms with van der Waals surface area (Å²) in [5.74, 6) is 1.93. The second-order valence-electron chi connectivity index (χ2n) is 6.44. The summed E-state index contributed by atoms with van der Waals surface area (Å²) in [5, 5.41) is 4.82. The summed E-state index contributed by atoms with van der Waals surface area (Å²) >= 11 is 0. The van der Waals surface area contributed by atoms with E-state index in [0.717, 1.165) is 30.4 Å². The Morgan fingerprint density at radius 3 is 2.81 bits per heavy atom. The van der Waals surface area contributed by atoms with Gasteiger partial charge in [0, 0.05) is 30.1 Å². The van der Waals surface area contributed by atoms with Crippen LogP contribution in [0.25, 0.3) is 11.0 Å². The minimum Gasteiger partial charge on any atom is -0.458 e. The molecule has 0 radical (unpaired) electrons. The SMILES string of the molecule is c1ccc2c(CNC3CC3)c(COCCC3CC3)oc2c1. The largest absolute Gasteiger partial charge is 0.458 e. The lowest BCUT2D eigenvalue weighted by atomic mass is 10.1. The molecule has 0 atom stereocenters. The first-order valence-electron chi connectivity index (χ1n) is 8.20. The predicted molar refractivity (Wildman–Crippen MR) is 83.1 cm³/mol. The molecule has 2 saturated carbocycles. The molecule has 112 valence electrons. The number of benzene rings is 1. The fourth-order valence-electron chi connectivity index (χ4n) is 2.82. The van der Waals surface area contributed by atoms with Gasteiger partial charge in [-0.3, -0.25) is 0 Å². The summed E-state index contributed by atoms with van der Waals surface area (Å²) in [4.78, 5) is 0. The molecule has 1 heterocycles. The third-order valence-electron chi connectivity index (χ3n) is 4.53. The lowest BCUT2D eigenvalue weighted by molar-refractivity contribution is 0.101. The van der Waals surface area contributed by atoms with E-state index in [1.165, 1.54) is 43.1 Å². The molecule has 3 nitrogen and oxygen atoms in total. The van der Waals surface area contributed by atoms with Crippen LogP contribution in [-0.2, 0) is 17.9 Å². The molecule has 21 heavy (non-hydrogen) atoms. The van der Waals surface area contributed by atoms with Crippen molar-refractivity contribution >= 4 is 11.0 Å². The van der Waals surface area contributed by atoms with Gasteiger partial charge in [-0.1, -0.05) is 31.0 Å². The van der Waals surface area contributed by atoms with Crippen LogP contribution in [0, 0.1) is 5.92 Å². The zero-order valence-corrected chi connectivity index (χ0v) is 12.4. The second kappa shape index (κ2) is 5.82. The Morgan fingerprint density at radius 1 is 1.14 bits per heavy atom. The van der Waals surface area contributed by atoms with Crippen LogP contribution < -0.4 is 5.32 Å². The van der Waals surface area contributed by atoms with Gasteiger partial charge >= 0.3 is 0 Å². The van der Waals surface area contributed by atoms with Gasteiger partial charge in [0.25, 0.3) is 0 Å². The lowest BCUT2D eigenvalue weighted by Gasteiger charge is -2.06. The van der Waals surface area contributed by atoms with Gasteiger partial charge in [-0.25, -0.2) is 0 Å². The number of hydrogen-bond donors (Lipinski definition) is 1. The Hall–Kier alpha value is -1.32. The summed E-state index contributed by atoms with van der Waals surface area (Å²) in [6, 6.07) is 9.01. The van der Waals surface area contributed by atoms with Gasteiger partial charge in [0.05, 0.1) is 0 Å². The summed E-state index contributed by atoms with van der Waals surface area (Å²) < 4.78 is 11.9. The van der Waals surface area contributed by atoms with E-state index < -0.39 is 0 Å². The molecular formula is C18H23NO2. The highest BCUT2D eigenvalue weighted by Crippen LogP contribution is 2.32. The smallest absolute Gasteiger partial charge is 0.135 e. The minimum absolute atomic E-state index is 0.600. The van der Waals surface area contributed by atoms with E-state index in [0.29, 0.717) is 12.6 Å². The zero-order chi connectivity index (χ0) is 14.1. The molecule has 0 bridgehead atoms. The van der Waals surface area contributed by atoms with Crippen molar-refractivity contribution in [1.82, 2.24) is 5.32 Å². The first-order chi connectivity index (χ1) is 10.4. The highest BCUT2D eigenvalue weighted by molar-refractivity contribution is 5.82. The van der Waals surface area contributed by atoms with Crippen LogP contribution in [0.5, 0.6) is 0 Å². The van der Waals surface area contributed by atoms with Crippen LogP contribution in [0.15, 0.2) is 28.7 Å². The molecule has 2 aliphatic rings. The van der Waals surface area contributed by atoms with Crippen molar-refractivity contribution in [2.75, 3.05) is 6.61 Å². The summed E-state index contributed by atoms with van der Waals surface area (Å²) in [7, 11) is 0. The van der Waals surface area contributed by atoms with Crippen molar-refractivity contribution in [2.45, 2.75) is 51.3 Å². The number of ether oxygens (including phenoxy) is 1. The molecule has 0 aliphatic heterocycles. The average molecular weight is 285 g/mol. The Bertz CT molecular complexity index is 611. The first kappa shape index (κ1) is 13.4. The molecule has 0 amide bonds. The Morgan fingerprint density at radius 2 is 2.00 bits per heavy atom. The fraction of sp³-hybridized carbons (Fsp3) is 0.556. The molecule has 0 unspecified atom stereocenters. The molecule has 0 spiro atoms. The number of rotatable bonds is 8. The van der Waals surface area contributed by atoms with Gasteiger partial charge in [-0.15, -0.1) is 0 Å². The maximum Gasteiger partial charge on any atom is 0.135 e. The van der Waals surface area contributed by atoms with Crippen LogP contribution in [0.3, 0.4) is 0 Å². The van der Waals surface area contributed by atoms with E-state index in [2.05, 4.69) is 17.4 Å². The number of furan rings is 1. The quantitative estimate of drug-likeness (QED) is 0.744. The average Bonchev–Trinajstić information content (AvgIpc) is 3.41. The molecule has 1 aromatic heterocycles. The number of hydrogen-bond acceptors (Lipinski definition) is 3. The summed E-state index contributed by atoms with van der Waals surface area (Å²) in [5.41, 5.74) is 2.26. The van der Waals surface area contributed by atoms with E-state index in [1.807, 2.05) is 12.1 Å². The number of fused-ring (bicyclic) bond motifs is 1. The van der Waals surface area contributed by atoms with Crippen LogP contribution in [0.2, 0.25) is 0 Å². The van der Waals surface area contributed by atoms with Crippen LogP contribution in [0.1, 0.15) is 43.4 Å². The van der Waals surface area contributed by atoms with Crippen LogP contribution in [0.4, 0.5) is 0 Å². The fourth-order valence-corrected chi connectivity index (χ4v) is 2.82. The highest BCUT2D eigenvalue weighted by atomic mass is 16.5. The molecule has 3 heteroatoms. The Kier molecular flexibility index (Phi) is 3.70. The van der Waals surface area contributed by atoms with E-state index in [-0.39, 0.29) is 0 Å². The third kappa shape index (κ3) is 3.30. The molecule has 0 saturated heterocycles. The molecule has 2 fully saturated rings. The highest BCUT2D eigenvalue weighted by Gasteiger charge is 2.23. The van der Waals surface area contributed by atoms with Crippen molar-refractivity contribution in [2.24, 2.45) is 5.92 Å². The van der Waals surface area contributed by atoms with E-state index in [4.69, 9.17) is 9.15 Å². The van der Waals surface area contributed by atoms with Crippen molar-refractivity contribution in [3.63, 3.8) is 0 Å². The standard InChI is InChI=1S/C18H23NO2/c1-2-4-17-15(3-1)16(11-19-14-7-8-14)18(21-17)12-20-10-9-13-5-6-13/h1-4,13-14,19H,5-12H2. The summed E-state index contributed by atoms with van der Waals surface area (Å²) in [6.07, 6.45) is 6.61. The third-order valence-corrected chi connectivity index (χ3v) is 4.53. The predicted octanol–water partition coefficient (Wildman–Crippen LogP) is 4.00. The molecular weight excluding hydrogens is 262 g/mol. The zero-order valence-electron chi connectivity index (χ0n) is 12.4. The first-order valence-corrected chi connectivity index (χ1v) is 8.20. The maximum absolute atomic E-state index is 6.01. The van der Waals surface area contributed by atoms with Crippen LogP contribution in [-0.4, -0.2) is 12.6 Å². The Balaban J connectivity index is 1.46. The van der Waals surface area contributed by atoms with E-state index in [1.54, 1.807) is 0 Å². The minimum atomic E-state index is 0.600. The van der Waals surface area contributed by atoms with E-state index in [9.17, 15) is 0 Å². The van der Waals surface area contributed by atoms with Gasteiger partial charge in [0.15, 0.2) is 0 Å². The van der Waals surface area contributed by atoms with Crippen molar-refractivity contribution in [3.8, 4) is 0 Å². The number of para-hydroxylation sites is 1. The topological polar surface area (TPSA) is 34.4 Å². The van der Waals surface area contributed by atoms with Crippen molar-refractivity contribution in [1.29, 1.82) is 0 Å². The summed E-state index contributed by atoms with van der Waals surface area (Å²) in [6.45, 7) is 2.35. The van der Waals surface area contributed by atoms with Crippen molar-refractivity contribution in [3.05, 3.63) is 35.6 Å². The maximum atomic E-state index is 6.01. The molecule has 1 aromatic carbocycles. The normalized spacial score (nSPS) is 18.5. The van der Waals surface area contributed by atoms with Gasteiger partial charge in [-0.2, -0.15) is 0 Å². The van der Waals surface area contributed by atoms with Gasteiger partial charge in [0.1, 0.15) is 18.0 Å². The van der Waals surface area contributed by atoms with Gasteiger partial charge in [0.2, 0.25) is 0 Å². The molecule has 2 aliphatic carbocycles. The number of nitrogens with one attached hydrogen (secondary N) is 1. The van der Waals surface area contributed by atoms with Gasteiger partial charge in [-0.05, 0) is 31.2 Å². The second-order valence-corrected chi connectivity index (χ2v) is 6.44. The van der Waals surface area contributed by atoms with Crippen LogP contribution >= 0.6 is 0 Å². The molecule has 4 rings (SSSR count). The molecule has 2 aromatic rings.